The molecular formula is C29H31F7N4O4. The number of halogens is 7. The number of aromatic nitrogens is 1. The molecule has 2 aromatic rings. The first kappa shape index (κ1) is 31.6. The van der Waals surface area contributed by atoms with E-state index in [0.29, 0.717) is 17.7 Å². The summed E-state index contributed by atoms with van der Waals surface area (Å²) in [4.78, 5) is 40.4. The molecule has 5 rings (SSSR count). The van der Waals surface area contributed by atoms with Crippen molar-refractivity contribution in [3.05, 3.63) is 63.3 Å². The third-order valence-electron chi connectivity index (χ3n) is 8.28. The molecule has 0 spiro atoms. The first-order chi connectivity index (χ1) is 20.5. The lowest BCUT2D eigenvalue weighted by molar-refractivity contribution is 0.0272. The number of alkyl halides is 6. The van der Waals surface area contributed by atoms with Gasteiger partial charge < -0.3 is 24.8 Å². The highest BCUT2D eigenvalue weighted by molar-refractivity contribution is 5.99. The monoisotopic (exact) mass is 632 g/mol. The molecular weight excluding hydrogens is 601 g/mol. The van der Waals surface area contributed by atoms with Gasteiger partial charge in [-0.1, -0.05) is 18.2 Å². The second-order valence-electron chi connectivity index (χ2n) is 12.4. The van der Waals surface area contributed by atoms with Crippen molar-refractivity contribution in [1.82, 2.24) is 14.8 Å². The van der Waals surface area contributed by atoms with Crippen LogP contribution >= 0.6 is 0 Å². The van der Waals surface area contributed by atoms with Crippen molar-refractivity contribution >= 4 is 17.7 Å². The van der Waals surface area contributed by atoms with Crippen LogP contribution in [0.15, 0.2) is 35.3 Å². The number of pyridine rings is 1. The van der Waals surface area contributed by atoms with Crippen LogP contribution in [0, 0.1) is 17.7 Å². The predicted molar refractivity (Wildman–Crippen MR) is 144 cm³/mol. The third kappa shape index (κ3) is 5.96. The molecule has 3 aliphatic rings. The van der Waals surface area contributed by atoms with Gasteiger partial charge in [-0.3, -0.25) is 9.59 Å². The van der Waals surface area contributed by atoms with Gasteiger partial charge >= 0.3 is 6.09 Å². The van der Waals surface area contributed by atoms with E-state index >= 15 is 0 Å². The number of rotatable bonds is 9. The Kier molecular flexibility index (Phi) is 8.12. The van der Waals surface area contributed by atoms with E-state index in [1.807, 2.05) is 5.32 Å². The highest BCUT2D eigenvalue weighted by Crippen LogP contribution is 2.49. The van der Waals surface area contributed by atoms with Crippen molar-refractivity contribution < 1.29 is 45.1 Å². The van der Waals surface area contributed by atoms with Gasteiger partial charge in [0.15, 0.2) is 0 Å². The largest absolute Gasteiger partial charge is 0.444 e. The fourth-order valence-corrected chi connectivity index (χ4v) is 5.74. The number of benzene rings is 1. The van der Waals surface area contributed by atoms with Crippen molar-refractivity contribution in [3.8, 4) is 0 Å². The molecule has 240 valence electrons. The lowest BCUT2D eigenvalue weighted by Gasteiger charge is -2.26. The Hall–Kier alpha value is -3.78. The highest BCUT2D eigenvalue weighted by Gasteiger charge is 2.58. The van der Waals surface area contributed by atoms with E-state index < -0.39 is 76.5 Å². The van der Waals surface area contributed by atoms with Gasteiger partial charge in [0.25, 0.3) is 30.7 Å². The second kappa shape index (κ2) is 11.3. The fourth-order valence-electron chi connectivity index (χ4n) is 5.74. The van der Waals surface area contributed by atoms with Crippen molar-refractivity contribution in [2.75, 3.05) is 18.4 Å². The zero-order valence-electron chi connectivity index (χ0n) is 23.9. The molecule has 2 unspecified atom stereocenters. The van der Waals surface area contributed by atoms with Crippen LogP contribution in [0.1, 0.15) is 67.6 Å². The molecule has 1 aromatic heterocycles. The fraction of sp³-hybridized carbons (Fsp3) is 0.552. The number of nitrogens with one attached hydrogen (secondary N) is 2. The molecule has 8 nitrogen and oxygen atoms in total. The number of amides is 2. The Balaban J connectivity index is 1.43. The predicted octanol–water partition coefficient (Wildman–Crippen LogP) is 5.69. The van der Waals surface area contributed by atoms with Gasteiger partial charge in [0.05, 0.1) is 16.8 Å². The summed E-state index contributed by atoms with van der Waals surface area (Å²) < 4.78 is 103. The van der Waals surface area contributed by atoms with Crippen LogP contribution in [0.2, 0.25) is 0 Å². The minimum atomic E-state index is -3.44. The first-order valence-electron chi connectivity index (χ1n) is 14.0. The molecule has 1 aliphatic heterocycles. The quantitative estimate of drug-likeness (QED) is 0.347. The summed E-state index contributed by atoms with van der Waals surface area (Å²) in [5, 5.41) is 4.97. The summed E-state index contributed by atoms with van der Waals surface area (Å²) in [5.74, 6) is -3.08. The standard InChI is InChI=1S/C29H31F7N4O4/c1-28(2,3)44-27(43)39-10-15-16(11-39)21(15)37-18-9-19(41)40(29(7-8-29)26(35)36)12-17(18)25(42)38-22(24(33)34)13-5-4-6-14(20(13)30)23(31)32/h4-6,9,12,15-16,21-24,26,37H,7-8,10-11H2,1-3H3,(H,38,42)/t15-,16+,21?,22?. The number of ether oxygens (including phenoxy) is 1. The number of likely N-dealkylation sites (tertiary alicyclic amines) is 1. The molecule has 2 amide bonds. The van der Waals surface area contributed by atoms with Crippen LogP contribution in [-0.2, 0) is 10.3 Å². The van der Waals surface area contributed by atoms with Crippen LogP contribution in [0.25, 0.3) is 0 Å². The van der Waals surface area contributed by atoms with Crippen LogP contribution in [-0.4, -0.2) is 59.1 Å². The third-order valence-corrected chi connectivity index (χ3v) is 8.28. The summed E-state index contributed by atoms with van der Waals surface area (Å²) >= 11 is 0. The summed E-state index contributed by atoms with van der Waals surface area (Å²) in [5.41, 5.74) is -6.03. The SMILES string of the molecule is CC(C)(C)OC(=O)N1C[C@@H]2C(Nc3cc(=O)n(C4(C(F)F)CC4)cc3C(=O)NC(c3cccc(C(F)F)c3F)C(F)F)[C@@H]2C1. The topological polar surface area (TPSA) is 92.7 Å². The molecule has 2 N–H and O–H groups in total. The van der Waals surface area contributed by atoms with Crippen LogP contribution < -0.4 is 16.2 Å². The maximum atomic E-state index is 14.8. The number of anilines is 1. The molecule has 3 fully saturated rings. The first-order valence-corrected chi connectivity index (χ1v) is 14.0. The van der Waals surface area contributed by atoms with E-state index in [1.54, 1.807) is 20.8 Å². The average molecular weight is 633 g/mol. The van der Waals surface area contributed by atoms with E-state index in [9.17, 15) is 45.1 Å². The highest BCUT2D eigenvalue weighted by atomic mass is 19.3. The normalized spacial score (nSPS) is 22.7. The number of piperidine rings is 1. The van der Waals surface area contributed by atoms with E-state index in [0.717, 1.165) is 30.5 Å². The maximum absolute atomic E-state index is 14.8. The Morgan fingerprint density at radius 1 is 1.02 bits per heavy atom. The van der Waals surface area contributed by atoms with Crippen molar-refractivity contribution in [1.29, 1.82) is 0 Å². The molecule has 4 atom stereocenters. The smallest absolute Gasteiger partial charge is 0.410 e. The lowest BCUT2D eigenvalue weighted by Crippen LogP contribution is -2.39. The van der Waals surface area contributed by atoms with E-state index in [1.165, 1.54) is 4.90 Å². The molecule has 1 aromatic carbocycles. The van der Waals surface area contributed by atoms with Crippen molar-refractivity contribution in [2.45, 2.75) is 76.1 Å². The van der Waals surface area contributed by atoms with Crippen molar-refractivity contribution in [3.63, 3.8) is 0 Å². The molecule has 44 heavy (non-hydrogen) atoms. The number of carbonyl (C=O) groups excluding carboxylic acids is 2. The second-order valence-corrected chi connectivity index (χ2v) is 12.4. The summed E-state index contributed by atoms with van der Waals surface area (Å²) in [7, 11) is 0. The van der Waals surface area contributed by atoms with E-state index in [-0.39, 0.29) is 36.4 Å². The number of hydrogen-bond acceptors (Lipinski definition) is 5. The van der Waals surface area contributed by atoms with Gasteiger partial charge in [-0.15, -0.1) is 0 Å². The van der Waals surface area contributed by atoms with Gasteiger partial charge in [0, 0.05) is 48.8 Å². The number of carbonyl (C=O) groups is 2. The number of fused-ring (bicyclic) bond motifs is 1. The summed E-state index contributed by atoms with van der Waals surface area (Å²) in [6, 6.07) is 0.707. The Morgan fingerprint density at radius 3 is 2.16 bits per heavy atom. The zero-order valence-corrected chi connectivity index (χ0v) is 23.9. The average Bonchev–Trinajstić information content (AvgIpc) is 3.80. The van der Waals surface area contributed by atoms with Gasteiger partial charge in [-0.2, -0.15) is 0 Å². The van der Waals surface area contributed by atoms with E-state index in [4.69, 9.17) is 4.74 Å². The summed E-state index contributed by atoms with van der Waals surface area (Å²) in [6.45, 7) is 5.78. The molecule has 0 radical (unpaired) electrons. The van der Waals surface area contributed by atoms with E-state index in [2.05, 4.69) is 5.32 Å². The summed E-state index contributed by atoms with van der Waals surface area (Å²) in [6.07, 6.45) is -9.48. The molecule has 2 saturated carbocycles. The van der Waals surface area contributed by atoms with Gasteiger partial charge in [-0.25, -0.2) is 35.5 Å². The van der Waals surface area contributed by atoms with Gasteiger partial charge in [-0.05, 0) is 33.6 Å². The van der Waals surface area contributed by atoms with Crippen molar-refractivity contribution in [2.24, 2.45) is 11.8 Å². The van der Waals surface area contributed by atoms with Crippen LogP contribution in [0.5, 0.6) is 0 Å². The molecule has 15 heteroatoms. The Morgan fingerprint density at radius 2 is 1.64 bits per heavy atom. The molecule has 2 heterocycles. The Labute approximate surface area is 247 Å². The maximum Gasteiger partial charge on any atom is 0.410 e. The molecule has 0 bridgehead atoms. The minimum Gasteiger partial charge on any atom is -0.444 e. The van der Waals surface area contributed by atoms with Gasteiger partial charge in [0.1, 0.15) is 23.0 Å². The lowest BCUT2D eigenvalue weighted by atomic mass is 10.0. The molecule has 2 aliphatic carbocycles. The Bertz CT molecular complexity index is 1490. The number of hydrogen-bond donors (Lipinski definition) is 2. The van der Waals surface area contributed by atoms with Gasteiger partial charge in [0.2, 0.25) is 0 Å². The molecule has 1 saturated heterocycles. The van der Waals surface area contributed by atoms with Crippen LogP contribution in [0.3, 0.4) is 0 Å². The van der Waals surface area contributed by atoms with Crippen LogP contribution in [0.4, 0.5) is 41.2 Å². The minimum absolute atomic E-state index is 0.0586. The zero-order chi connectivity index (χ0) is 32.3. The number of nitrogens with zero attached hydrogens (tertiary/aromatic N) is 2.